The highest BCUT2D eigenvalue weighted by molar-refractivity contribution is 5.83. The zero-order chi connectivity index (χ0) is 27.2. The van der Waals surface area contributed by atoms with Gasteiger partial charge in [0.2, 0.25) is 17.7 Å². The molecule has 0 bridgehead atoms. The number of rotatable bonds is 15. The summed E-state index contributed by atoms with van der Waals surface area (Å²) in [6.45, 7) is 11.5. The largest absolute Gasteiger partial charge is 0.460 e. The highest BCUT2D eigenvalue weighted by atomic mass is 16.6. The maximum absolute atomic E-state index is 12.8. The Bertz CT molecular complexity index is 769. The molecule has 0 aromatic rings. The maximum Gasteiger partial charge on any atom is 0.312 e. The Morgan fingerprint density at radius 1 is 1.00 bits per heavy atom. The summed E-state index contributed by atoms with van der Waals surface area (Å²) in [5.74, 6) is -1.85. The summed E-state index contributed by atoms with van der Waals surface area (Å²) < 4.78 is 5.53. The minimum atomic E-state index is -0.879. The third-order valence-electron chi connectivity index (χ3n) is 5.34. The second kappa shape index (κ2) is 15.2. The van der Waals surface area contributed by atoms with E-state index in [0.717, 1.165) is 19.3 Å². The van der Waals surface area contributed by atoms with Crippen molar-refractivity contribution >= 4 is 23.7 Å². The lowest BCUT2D eigenvalue weighted by Gasteiger charge is -2.32. The number of nitrogens with zero attached hydrogens (tertiary/aromatic N) is 4. The summed E-state index contributed by atoms with van der Waals surface area (Å²) in [5, 5.41) is 8.75. The van der Waals surface area contributed by atoms with Gasteiger partial charge in [-0.1, -0.05) is 12.0 Å². The topological polar surface area (TPSA) is 154 Å². The number of esters is 1. The molecular formula is C24H44N6O5. The van der Waals surface area contributed by atoms with Crippen LogP contribution in [0.2, 0.25) is 0 Å². The number of azide groups is 1. The fourth-order valence-electron chi connectivity index (χ4n) is 3.48. The van der Waals surface area contributed by atoms with Gasteiger partial charge in [-0.2, -0.15) is 0 Å². The van der Waals surface area contributed by atoms with Crippen LogP contribution < -0.4 is 10.6 Å². The van der Waals surface area contributed by atoms with Crippen molar-refractivity contribution in [3.63, 3.8) is 0 Å². The molecule has 0 radical (unpaired) electrons. The SMILES string of the molecule is CC(CC(CC(C)(C)C(=O)OC(C)(C)C)C(=O)N(C)C)C(=O)NCCCCCNC(=O)CN=[N+]=[N-]. The molecule has 0 saturated carbocycles. The number of carbonyl (C=O) groups excluding carboxylic acids is 4. The maximum atomic E-state index is 12.8. The Balaban J connectivity index is 4.70. The van der Waals surface area contributed by atoms with Crippen LogP contribution in [0.15, 0.2) is 5.11 Å². The molecule has 0 aliphatic heterocycles. The summed E-state index contributed by atoms with van der Waals surface area (Å²) >= 11 is 0. The number of carbonyl (C=O) groups is 4. The number of nitrogens with one attached hydrogen (secondary N) is 2. The van der Waals surface area contributed by atoms with E-state index in [1.165, 1.54) is 4.90 Å². The average molecular weight is 497 g/mol. The van der Waals surface area contributed by atoms with Crippen molar-refractivity contribution in [1.82, 2.24) is 15.5 Å². The Morgan fingerprint density at radius 2 is 1.57 bits per heavy atom. The molecule has 2 unspecified atom stereocenters. The van der Waals surface area contributed by atoms with E-state index >= 15 is 0 Å². The smallest absolute Gasteiger partial charge is 0.312 e. The van der Waals surface area contributed by atoms with Gasteiger partial charge in [0, 0.05) is 43.9 Å². The highest BCUT2D eigenvalue weighted by Crippen LogP contribution is 2.33. The quantitative estimate of drug-likeness (QED) is 0.117. The first-order valence-electron chi connectivity index (χ1n) is 12.1. The lowest BCUT2D eigenvalue weighted by atomic mass is 9.78. The number of hydrogen-bond acceptors (Lipinski definition) is 6. The van der Waals surface area contributed by atoms with E-state index in [1.807, 2.05) is 0 Å². The first kappa shape index (κ1) is 32.2. The van der Waals surface area contributed by atoms with Crippen molar-refractivity contribution < 1.29 is 23.9 Å². The zero-order valence-electron chi connectivity index (χ0n) is 22.6. The van der Waals surface area contributed by atoms with Gasteiger partial charge in [0.05, 0.1) is 5.41 Å². The second-order valence-electron chi connectivity index (χ2n) is 10.7. The lowest BCUT2D eigenvalue weighted by molar-refractivity contribution is -0.167. The monoisotopic (exact) mass is 496 g/mol. The van der Waals surface area contributed by atoms with Crippen LogP contribution in [0.1, 0.15) is 73.6 Å². The van der Waals surface area contributed by atoms with E-state index < -0.39 is 22.9 Å². The molecule has 11 nitrogen and oxygen atoms in total. The van der Waals surface area contributed by atoms with Crippen LogP contribution in [-0.4, -0.2) is 67.9 Å². The summed E-state index contributed by atoms with van der Waals surface area (Å²) in [6.07, 6.45) is 2.90. The molecule has 0 aromatic carbocycles. The van der Waals surface area contributed by atoms with E-state index in [2.05, 4.69) is 20.7 Å². The van der Waals surface area contributed by atoms with E-state index in [1.54, 1.807) is 55.6 Å². The normalized spacial score (nSPS) is 13.1. The van der Waals surface area contributed by atoms with E-state index in [0.29, 0.717) is 19.5 Å². The number of ether oxygens (including phenoxy) is 1. The molecule has 11 heteroatoms. The summed E-state index contributed by atoms with van der Waals surface area (Å²) in [4.78, 5) is 53.5. The standard InChI is InChI=1S/C24H44N6O5/c1-17(20(32)27-13-11-9-10-12-26-19(31)16-28-29-25)14-18(21(33)30(7)8)15-24(5,6)22(34)35-23(2,3)4/h17-18H,9-16H2,1-8H3,(H,26,31)(H,27,32). The van der Waals surface area contributed by atoms with E-state index in [4.69, 9.17) is 10.3 Å². The molecule has 0 fully saturated rings. The van der Waals surface area contributed by atoms with Gasteiger partial charge in [0.25, 0.3) is 0 Å². The predicted octanol–water partition coefficient (Wildman–Crippen LogP) is 3.19. The van der Waals surface area contributed by atoms with Crippen molar-refractivity contribution in [3.8, 4) is 0 Å². The molecular weight excluding hydrogens is 452 g/mol. The molecule has 2 atom stereocenters. The molecule has 0 spiro atoms. The fraction of sp³-hybridized carbons (Fsp3) is 0.833. The molecule has 200 valence electrons. The molecule has 2 N–H and O–H groups in total. The van der Waals surface area contributed by atoms with Crippen LogP contribution in [0.3, 0.4) is 0 Å². The molecule has 0 aliphatic carbocycles. The van der Waals surface area contributed by atoms with Gasteiger partial charge in [-0.15, -0.1) is 0 Å². The van der Waals surface area contributed by atoms with Crippen LogP contribution >= 0.6 is 0 Å². The molecule has 0 rings (SSSR count). The minimum Gasteiger partial charge on any atom is -0.460 e. The van der Waals surface area contributed by atoms with Crippen LogP contribution in [-0.2, 0) is 23.9 Å². The Hall–Kier alpha value is -2.81. The van der Waals surface area contributed by atoms with Gasteiger partial charge in [0.15, 0.2) is 0 Å². The number of amides is 3. The average Bonchev–Trinajstić information content (AvgIpc) is 2.74. The van der Waals surface area contributed by atoms with Gasteiger partial charge in [-0.3, -0.25) is 19.2 Å². The van der Waals surface area contributed by atoms with Crippen LogP contribution in [0, 0.1) is 17.3 Å². The van der Waals surface area contributed by atoms with Gasteiger partial charge in [-0.05, 0) is 72.3 Å². The van der Waals surface area contributed by atoms with Gasteiger partial charge in [-0.25, -0.2) is 0 Å². The van der Waals surface area contributed by atoms with Crippen molar-refractivity contribution in [3.05, 3.63) is 10.4 Å². The lowest BCUT2D eigenvalue weighted by Crippen LogP contribution is -2.40. The summed E-state index contributed by atoms with van der Waals surface area (Å²) in [5.41, 5.74) is 6.68. The summed E-state index contributed by atoms with van der Waals surface area (Å²) in [7, 11) is 3.33. The van der Waals surface area contributed by atoms with Gasteiger partial charge in [0.1, 0.15) is 12.1 Å². The van der Waals surface area contributed by atoms with Crippen LogP contribution in [0.5, 0.6) is 0 Å². The molecule has 3 amide bonds. The van der Waals surface area contributed by atoms with Gasteiger partial charge < -0.3 is 20.3 Å². The Kier molecular flexibility index (Phi) is 14.0. The van der Waals surface area contributed by atoms with Crippen molar-refractivity contribution in [2.45, 2.75) is 79.2 Å². The molecule has 0 aliphatic rings. The third-order valence-corrected chi connectivity index (χ3v) is 5.34. The van der Waals surface area contributed by atoms with Crippen molar-refractivity contribution in [1.29, 1.82) is 0 Å². The second-order valence-corrected chi connectivity index (χ2v) is 10.7. The molecule has 0 saturated heterocycles. The van der Waals surface area contributed by atoms with Crippen molar-refractivity contribution in [2.75, 3.05) is 33.7 Å². The number of hydrogen-bond donors (Lipinski definition) is 2. The Morgan fingerprint density at radius 3 is 2.09 bits per heavy atom. The zero-order valence-corrected chi connectivity index (χ0v) is 22.6. The van der Waals surface area contributed by atoms with E-state index in [9.17, 15) is 19.2 Å². The molecule has 35 heavy (non-hydrogen) atoms. The Labute approximate surface area is 209 Å². The third kappa shape index (κ3) is 14.2. The highest BCUT2D eigenvalue weighted by Gasteiger charge is 2.38. The fourth-order valence-corrected chi connectivity index (χ4v) is 3.48. The van der Waals surface area contributed by atoms with Crippen molar-refractivity contribution in [2.24, 2.45) is 22.4 Å². The predicted molar refractivity (Wildman–Crippen MR) is 134 cm³/mol. The van der Waals surface area contributed by atoms with Crippen LogP contribution in [0.4, 0.5) is 0 Å². The minimum absolute atomic E-state index is 0.121. The number of unbranched alkanes of at least 4 members (excludes halogenated alkanes) is 2. The first-order valence-corrected chi connectivity index (χ1v) is 12.1. The van der Waals surface area contributed by atoms with Crippen LogP contribution in [0.25, 0.3) is 10.4 Å². The first-order chi connectivity index (χ1) is 16.1. The molecule has 0 aromatic heterocycles. The van der Waals surface area contributed by atoms with E-state index in [-0.39, 0.29) is 36.7 Å². The summed E-state index contributed by atoms with van der Waals surface area (Å²) in [6, 6.07) is 0. The van der Waals surface area contributed by atoms with Gasteiger partial charge >= 0.3 is 5.97 Å². The molecule has 0 heterocycles.